The third-order valence-electron chi connectivity index (χ3n) is 4.36. The van der Waals surface area contributed by atoms with Crippen molar-refractivity contribution in [2.24, 2.45) is 11.1 Å². The minimum atomic E-state index is -1.78. The number of amides is 2. The molecule has 0 saturated heterocycles. The normalized spacial score (nSPS) is 13.4. The Morgan fingerprint density at radius 1 is 1.00 bits per heavy atom. The van der Waals surface area contributed by atoms with Gasteiger partial charge in [0.1, 0.15) is 12.2 Å². The second-order valence-electron chi connectivity index (χ2n) is 9.71. The van der Waals surface area contributed by atoms with Gasteiger partial charge < -0.3 is 25.6 Å². The number of benzene rings is 1. The molecule has 0 saturated carbocycles. The highest BCUT2D eigenvalue weighted by atomic mass is 16.6. The number of esters is 1. The second kappa shape index (κ2) is 11.6. The number of rotatable bonds is 11. The summed E-state index contributed by atoms with van der Waals surface area (Å²) in [6, 6.07) is 9.06. The summed E-state index contributed by atoms with van der Waals surface area (Å²) in [7, 11) is 0. The third kappa shape index (κ3) is 11.3. The van der Waals surface area contributed by atoms with Crippen molar-refractivity contribution in [2.75, 3.05) is 6.54 Å². The summed E-state index contributed by atoms with van der Waals surface area (Å²) in [5.41, 5.74) is 3.77. The van der Waals surface area contributed by atoms with Crippen LogP contribution in [-0.2, 0) is 30.5 Å². The fraction of sp³-hybridized carbons (Fsp3) is 0.565. The topological polar surface area (TPSA) is 157 Å². The molecule has 0 aliphatic heterocycles. The first kappa shape index (κ1) is 27.9. The standard InChI is InChI=1S/C23H35N3O7/c1-21(2,3)14-23(24,26-20(31)32-13-16-9-7-6-8-10-16)19(30)25-15-22(4,5)33-18(29)12-11-17(27)28/h6-10H,11-15,24H2,1-5H3,(H,25,30)(H,26,31)(H,27,28)/t23-/m0/s1. The van der Waals surface area contributed by atoms with E-state index in [0.717, 1.165) is 5.56 Å². The lowest BCUT2D eigenvalue weighted by Crippen LogP contribution is -2.67. The number of nitrogens with two attached hydrogens (primary N) is 1. The summed E-state index contributed by atoms with van der Waals surface area (Å²) in [5.74, 6) is -2.49. The zero-order chi connectivity index (χ0) is 25.3. The quantitative estimate of drug-likeness (QED) is 0.286. The van der Waals surface area contributed by atoms with Crippen molar-refractivity contribution < 1.29 is 33.8 Å². The Morgan fingerprint density at radius 3 is 2.15 bits per heavy atom. The van der Waals surface area contributed by atoms with Crippen molar-refractivity contribution in [1.29, 1.82) is 0 Å². The van der Waals surface area contributed by atoms with Crippen LogP contribution in [0.3, 0.4) is 0 Å². The van der Waals surface area contributed by atoms with Gasteiger partial charge in [0.2, 0.25) is 0 Å². The lowest BCUT2D eigenvalue weighted by atomic mass is 9.84. The van der Waals surface area contributed by atoms with E-state index in [-0.39, 0.29) is 32.4 Å². The molecule has 10 heteroatoms. The van der Waals surface area contributed by atoms with Gasteiger partial charge in [0.25, 0.3) is 5.91 Å². The van der Waals surface area contributed by atoms with E-state index in [1.165, 1.54) is 0 Å². The number of carboxylic acid groups (broad SMARTS) is 1. The molecule has 184 valence electrons. The summed E-state index contributed by atoms with van der Waals surface area (Å²) in [4.78, 5) is 47.8. The molecule has 0 heterocycles. The maximum absolute atomic E-state index is 13.0. The lowest BCUT2D eigenvalue weighted by molar-refractivity contribution is -0.159. The molecular formula is C23H35N3O7. The van der Waals surface area contributed by atoms with Gasteiger partial charge in [0.05, 0.1) is 19.4 Å². The van der Waals surface area contributed by atoms with Gasteiger partial charge in [-0.05, 0) is 31.2 Å². The Balaban J connectivity index is 2.77. The molecule has 33 heavy (non-hydrogen) atoms. The van der Waals surface area contributed by atoms with E-state index >= 15 is 0 Å². The van der Waals surface area contributed by atoms with E-state index in [0.29, 0.717) is 0 Å². The molecule has 0 bridgehead atoms. The van der Waals surface area contributed by atoms with E-state index in [1.54, 1.807) is 26.0 Å². The Labute approximate surface area is 194 Å². The summed E-state index contributed by atoms with van der Waals surface area (Å²) >= 11 is 0. The molecule has 0 spiro atoms. The summed E-state index contributed by atoms with van der Waals surface area (Å²) in [6.45, 7) is 8.64. The summed E-state index contributed by atoms with van der Waals surface area (Å²) in [5, 5.41) is 13.7. The van der Waals surface area contributed by atoms with Crippen LogP contribution in [0.1, 0.15) is 59.4 Å². The van der Waals surface area contributed by atoms with Crippen LogP contribution in [0.4, 0.5) is 4.79 Å². The van der Waals surface area contributed by atoms with Gasteiger partial charge in [-0.15, -0.1) is 0 Å². The first-order chi connectivity index (χ1) is 15.1. The summed E-state index contributed by atoms with van der Waals surface area (Å²) < 4.78 is 10.5. The number of alkyl carbamates (subject to hydrolysis) is 1. The Hall–Kier alpha value is -3.14. The molecular weight excluding hydrogens is 430 g/mol. The van der Waals surface area contributed by atoms with E-state index in [9.17, 15) is 19.2 Å². The van der Waals surface area contributed by atoms with Gasteiger partial charge >= 0.3 is 18.0 Å². The van der Waals surface area contributed by atoms with Crippen LogP contribution in [0.2, 0.25) is 0 Å². The van der Waals surface area contributed by atoms with Crippen LogP contribution in [0.25, 0.3) is 0 Å². The van der Waals surface area contributed by atoms with E-state index in [2.05, 4.69) is 10.6 Å². The monoisotopic (exact) mass is 465 g/mol. The van der Waals surface area contributed by atoms with Crippen molar-refractivity contribution in [3.63, 3.8) is 0 Å². The average molecular weight is 466 g/mol. The maximum atomic E-state index is 13.0. The fourth-order valence-corrected chi connectivity index (χ4v) is 3.01. The molecule has 1 aromatic rings. The minimum absolute atomic E-state index is 0.0131. The Morgan fingerprint density at radius 2 is 1.61 bits per heavy atom. The molecule has 1 aromatic carbocycles. The average Bonchev–Trinajstić information content (AvgIpc) is 2.68. The molecule has 0 fully saturated rings. The molecule has 5 N–H and O–H groups in total. The third-order valence-corrected chi connectivity index (χ3v) is 4.36. The van der Waals surface area contributed by atoms with Gasteiger partial charge in [0, 0.05) is 0 Å². The first-order valence-corrected chi connectivity index (χ1v) is 10.6. The molecule has 0 radical (unpaired) electrons. The molecule has 1 rings (SSSR count). The van der Waals surface area contributed by atoms with Crippen LogP contribution in [0.15, 0.2) is 30.3 Å². The highest BCUT2D eigenvalue weighted by Crippen LogP contribution is 2.25. The summed E-state index contributed by atoms with van der Waals surface area (Å²) in [6.07, 6.45) is -1.38. The zero-order valence-electron chi connectivity index (χ0n) is 19.9. The SMILES string of the molecule is CC(C)(C)C[C@](N)(NC(=O)OCc1ccccc1)C(=O)NCC(C)(C)OC(=O)CCC(=O)O. The van der Waals surface area contributed by atoms with E-state index in [1.807, 2.05) is 39.0 Å². The van der Waals surface area contributed by atoms with E-state index < -0.39 is 40.6 Å². The van der Waals surface area contributed by atoms with Crippen LogP contribution in [0, 0.1) is 5.41 Å². The fourth-order valence-electron chi connectivity index (χ4n) is 3.01. The molecule has 0 aromatic heterocycles. The van der Waals surface area contributed by atoms with Crippen LogP contribution in [0.5, 0.6) is 0 Å². The number of nitrogens with one attached hydrogen (secondary N) is 2. The Bertz CT molecular complexity index is 834. The van der Waals surface area contributed by atoms with Gasteiger partial charge in [-0.1, -0.05) is 51.1 Å². The van der Waals surface area contributed by atoms with Gasteiger partial charge in [-0.3, -0.25) is 19.7 Å². The van der Waals surface area contributed by atoms with E-state index in [4.69, 9.17) is 20.3 Å². The zero-order valence-corrected chi connectivity index (χ0v) is 19.9. The predicted molar refractivity (Wildman–Crippen MR) is 121 cm³/mol. The van der Waals surface area contributed by atoms with Gasteiger partial charge in [0.15, 0.2) is 5.66 Å². The molecule has 10 nitrogen and oxygen atoms in total. The van der Waals surface area contributed by atoms with Crippen molar-refractivity contribution in [3.8, 4) is 0 Å². The molecule has 0 aliphatic carbocycles. The number of carbonyl (C=O) groups excluding carboxylic acids is 3. The van der Waals surface area contributed by atoms with Crippen LogP contribution < -0.4 is 16.4 Å². The van der Waals surface area contributed by atoms with Crippen molar-refractivity contribution >= 4 is 23.9 Å². The number of carboxylic acids is 1. The molecule has 2 amide bonds. The van der Waals surface area contributed by atoms with Crippen molar-refractivity contribution in [3.05, 3.63) is 35.9 Å². The first-order valence-electron chi connectivity index (χ1n) is 10.6. The number of ether oxygens (including phenoxy) is 2. The molecule has 0 aliphatic rings. The Kier molecular flexibility index (Phi) is 9.84. The number of hydrogen-bond donors (Lipinski definition) is 4. The number of carbonyl (C=O) groups is 4. The van der Waals surface area contributed by atoms with Crippen molar-refractivity contribution in [1.82, 2.24) is 10.6 Å². The number of hydrogen-bond acceptors (Lipinski definition) is 7. The van der Waals surface area contributed by atoms with Gasteiger partial charge in [-0.2, -0.15) is 0 Å². The predicted octanol–water partition coefficient (Wildman–Crippen LogP) is 2.31. The maximum Gasteiger partial charge on any atom is 0.409 e. The minimum Gasteiger partial charge on any atom is -0.481 e. The van der Waals surface area contributed by atoms with Crippen LogP contribution in [-0.4, -0.2) is 46.9 Å². The van der Waals surface area contributed by atoms with Gasteiger partial charge in [-0.25, -0.2) is 4.79 Å². The highest BCUT2D eigenvalue weighted by Gasteiger charge is 2.40. The molecule has 1 atom stereocenters. The highest BCUT2D eigenvalue weighted by molar-refractivity contribution is 5.89. The molecule has 0 unspecified atom stereocenters. The largest absolute Gasteiger partial charge is 0.481 e. The lowest BCUT2D eigenvalue weighted by Gasteiger charge is -2.35. The van der Waals surface area contributed by atoms with Crippen LogP contribution >= 0.6 is 0 Å². The number of aliphatic carboxylic acids is 1. The smallest absolute Gasteiger partial charge is 0.409 e. The van der Waals surface area contributed by atoms with Crippen molar-refractivity contribution in [2.45, 2.75) is 71.8 Å². The second-order valence-corrected chi connectivity index (χ2v) is 9.71.